The first-order valence-electron chi connectivity index (χ1n) is 8.48. The lowest BCUT2D eigenvalue weighted by molar-refractivity contribution is -0.126. The molecule has 1 saturated heterocycles. The molecule has 0 bridgehead atoms. The Balaban J connectivity index is 1.70. The highest BCUT2D eigenvalue weighted by Gasteiger charge is 2.28. The third kappa shape index (κ3) is 4.02. The Morgan fingerprint density at radius 3 is 2.20 bits per heavy atom. The predicted molar refractivity (Wildman–Crippen MR) is 98.7 cm³/mol. The van der Waals surface area contributed by atoms with Crippen molar-refractivity contribution in [3.05, 3.63) is 65.7 Å². The average molecular weight is 337 g/mol. The van der Waals surface area contributed by atoms with Crippen molar-refractivity contribution in [2.75, 3.05) is 20.8 Å². The summed E-state index contributed by atoms with van der Waals surface area (Å²) in [5.74, 6) is 1.69. The minimum absolute atomic E-state index is 0.0501. The molecular weight excluding hydrogens is 314 g/mol. The molecule has 1 fully saturated rings. The van der Waals surface area contributed by atoms with Crippen LogP contribution in [0.25, 0.3) is 6.08 Å². The molecule has 0 aliphatic carbocycles. The third-order valence-corrected chi connectivity index (χ3v) is 4.57. The Morgan fingerprint density at radius 2 is 1.60 bits per heavy atom. The fourth-order valence-corrected chi connectivity index (χ4v) is 3.18. The van der Waals surface area contributed by atoms with Crippen molar-refractivity contribution in [2.24, 2.45) is 0 Å². The zero-order valence-electron chi connectivity index (χ0n) is 14.6. The van der Waals surface area contributed by atoms with Crippen LogP contribution in [0.5, 0.6) is 11.5 Å². The third-order valence-electron chi connectivity index (χ3n) is 4.57. The minimum Gasteiger partial charge on any atom is -0.497 e. The van der Waals surface area contributed by atoms with Crippen LogP contribution in [0.15, 0.2) is 54.6 Å². The average Bonchev–Trinajstić information content (AvgIpc) is 3.16. The molecule has 130 valence electrons. The highest BCUT2D eigenvalue weighted by molar-refractivity contribution is 5.92. The molecule has 2 aromatic carbocycles. The first-order chi connectivity index (χ1) is 12.2. The second-order valence-corrected chi connectivity index (χ2v) is 6.07. The number of amides is 1. The number of carbonyl (C=O) groups is 1. The number of hydrogen-bond donors (Lipinski definition) is 0. The largest absolute Gasteiger partial charge is 0.497 e. The van der Waals surface area contributed by atoms with Crippen LogP contribution in [0, 0.1) is 0 Å². The van der Waals surface area contributed by atoms with Gasteiger partial charge in [-0.25, -0.2) is 0 Å². The Hall–Kier alpha value is -2.75. The van der Waals surface area contributed by atoms with Gasteiger partial charge in [0.25, 0.3) is 0 Å². The number of methoxy groups -OCH3 is 2. The van der Waals surface area contributed by atoms with Crippen LogP contribution in [-0.2, 0) is 4.79 Å². The van der Waals surface area contributed by atoms with E-state index in [4.69, 9.17) is 9.47 Å². The Labute approximate surface area is 148 Å². The van der Waals surface area contributed by atoms with Gasteiger partial charge in [-0.15, -0.1) is 0 Å². The quantitative estimate of drug-likeness (QED) is 0.772. The lowest BCUT2D eigenvalue weighted by Crippen LogP contribution is -2.28. The van der Waals surface area contributed by atoms with Gasteiger partial charge in [-0.1, -0.05) is 24.3 Å². The summed E-state index contributed by atoms with van der Waals surface area (Å²) in [5, 5.41) is 0. The molecule has 0 saturated carbocycles. The van der Waals surface area contributed by atoms with Gasteiger partial charge in [0, 0.05) is 12.6 Å². The van der Waals surface area contributed by atoms with E-state index in [0.29, 0.717) is 0 Å². The lowest BCUT2D eigenvalue weighted by Gasteiger charge is -2.24. The van der Waals surface area contributed by atoms with E-state index in [1.165, 1.54) is 0 Å². The van der Waals surface area contributed by atoms with E-state index in [1.807, 2.05) is 59.5 Å². The SMILES string of the molecule is COc1ccc(C=CC(=O)N2CCCC2c2ccc(OC)cc2)cc1. The van der Waals surface area contributed by atoms with Gasteiger partial charge in [0.1, 0.15) is 11.5 Å². The van der Waals surface area contributed by atoms with Gasteiger partial charge in [-0.2, -0.15) is 0 Å². The molecule has 3 rings (SSSR count). The topological polar surface area (TPSA) is 38.8 Å². The summed E-state index contributed by atoms with van der Waals surface area (Å²) in [4.78, 5) is 14.6. The van der Waals surface area contributed by atoms with Crippen LogP contribution in [0.2, 0.25) is 0 Å². The molecule has 1 aliphatic heterocycles. The molecule has 25 heavy (non-hydrogen) atoms. The minimum atomic E-state index is 0.0501. The van der Waals surface area contributed by atoms with Gasteiger partial charge >= 0.3 is 0 Å². The molecule has 0 radical (unpaired) electrons. The van der Waals surface area contributed by atoms with Crippen molar-refractivity contribution < 1.29 is 14.3 Å². The Morgan fingerprint density at radius 1 is 1.00 bits per heavy atom. The van der Waals surface area contributed by atoms with Crippen molar-refractivity contribution in [3.8, 4) is 11.5 Å². The van der Waals surface area contributed by atoms with Gasteiger partial charge in [-0.05, 0) is 54.3 Å². The van der Waals surface area contributed by atoms with Crippen LogP contribution < -0.4 is 9.47 Å². The summed E-state index contributed by atoms with van der Waals surface area (Å²) in [6.07, 6.45) is 5.53. The highest BCUT2D eigenvalue weighted by atomic mass is 16.5. The molecule has 1 amide bonds. The van der Waals surface area contributed by atoms with Crippen molar-refractivity contribution in [2.45, 2.75) is 18.9 Å². The second kappa shape index (κ2) is 7.88. The van der Waals surface area contributed by atoms with Crippen LogP contribution >= 0.6 is 0 Å². The maximum Gasteiger partial charge on any atom is 0.247 e. The van der Waals surface area contributed by atoms with Crippen LogP contribution in [0.1, 0.15) is 30.0 Å². The molecule has 1 aliphatic rings. The number of ether oxygens (including phenoxy) is 2. The summed E-state index contributed by atoms with van der Waals surface area (Å²) < 4.78 is 10.4. The molecule has 0 spiro atoms. The molecule has 1 unspecified atom stereocenters. The van der Waals surface area contributed by atoms with Crippen molar-refractivity contribution in [1.29, 1.82) is 0 Å². The van der Waals surface area contributed by atoms with Crippen LogP contribution in [0.4, 0.5) is 0 Å². The first kappa shape index (κ1) is 17.1. The molecule has 1 heterocycles. The second-order valence-electron chi connectivity index (χ2n) is 6.07. The van der Waals surface area contributed by atoms with Gasteiger partial charge < -0.3 is 14.4 Å². The van der Waals surface area contributed by atoms with E-state index in [9.17, 15) is 4.79 Å². The van der Waals surface area contributed by atoms with Gasteiger partial charge in [0.05, 0.1) is 20.3 Å². The zero-order valence-corrected chi connectivity index (χ0v) is 14.6. The maximum absolute atomic E-state index is 12.6. The van der Waals surface area contributed by atoms with E-state index >= 15 is 0 Å². The Bertz CT molecular complexity index is 735. The molecule has 0 aromatic heterocycles. The summed E-state index contributed by atoms with van der Waals surface area (Å²) in [7, 11) is 3.30. The molecule has 4 heteroatoms. The van der Waals surface area contributed by atoms with E-state index in [2.05, 4.69) is 0 Å². The van der Waals surface area contributed by atoms with E-state index in [1.54, 1.807) is 20.3 Å². The number of hydrogen-bond acceptors (Lipinski definition) is 3. The molecule has 4 nitrogen and oxygen atoms in total. The summed E-state index contributed by atoms with van der Waals surface area (Å²) in [5.41, 5.74) is 2.14. The van der Waals surface area contributed by atoms with E-state index < -0.39 is 0 Å². The van der Waals surface area contributed by atoms with E-state index in [-0.39, 0.29) is 11.9 Å². The lowest BCUT2D eigenvalue weighted by atomic mass is 10.0. The number of nitrogens with zero attached hydrogens (tertiary/aromatic N) is 1. The zero-order chi connectivity index (χ0) is 17.6. The van der Waals surface area contributed by atoms with Crippen molar-refractivity contribution in [3.63, 3.8) is 0 Å². The van der Waals surface area contributed by atoms with Crippen molar-refractivity contribution >= 4 is 12.0 Å². The fraction of sp³-hybridized carbons (Fsp3) is 0.286. The van der Waals surface area contributed by atoms with Crippen LogP contribution in [0.3, 0.4) is 0 Å². The smallest absolute Gasteiger partial charge is 0.247 e. The van der Waals surface area contributed by atoms with Gasteiger partial charge in [0.2, 0.25) is 5.91 Å². The highest BCUT2D eigenvalue weighted by Crippen LogP contribution is 2.33. The number of rotatable bonds is 5. The number of benzene rings is 2. The summed E-state index contributed by atoms with van der Waals surface area (Å²) in [6.45, 7) is 0.794. The molecule has 1 atom stereocenters. The first-order valence-corrected chi connectivity index (χ1v) is 8.48. The maximum atomic E-state index is 12.6. The normalized spacial score (nSPS) is 17.0. The van der Waals surface area contributed by atoms with Crippen molar-refractivity contribution in [1.82, 2.24) is 4.90 Å². The standard InChI is InChI=1S/C21H23NO3/c1-24-18-10-5-16(6-11-18)7-14-21(23)22-15-3-4-20(22)17-8-12-19(25-2)13-9-17/h5-14,20H,3-4,15H2,1-2H3. The van der Waals surface area contributed by atoms with Crippen LogP contribution in [-0.4, -0.2) is 31.6 Å². The predicted octanol–water partition coefficient (Wildman–Crippen LogP) is 4.08. The monoisotopic (exact) mass is 337 g/mol. The number of carbonyl (C=O) groups excluding carboxylic acids is 1. The molecule has 2 aromatic rings. The summed E-state index contributed by atoms with van der Waals surface area (Å²) >= 11 is 0. The molecule has 0 N–H and O–H groups in total. The van der Waals surface area contributed by atoms with Gasteiger partial charge in [-0.3, -0.25) is 4.79 Å². The Kier molecular flexibility index (Phi) is 5.39. The van der Waals surface area contributed by atoms with E-state index in [0.717, 1.165) is 42.0 Å². The molecular formula is C21H23NO3. The number of likely N-dealkylation sites (tertiary alicyclic amines) is 1. The fourth-order valence-electron chi connectivity index (χ4n) is 3.18. The van der Waals surface area contributed by atoms with Gasteiger partial charge in [0.15, 0.2) is 0 Å². The summed E-state index contributed by atoms with van der Waals surface area (Å²) in [6, 6.07) is 15.8.